The van der Waals surface area contributed by atoms with Crippen molar-refractivity contribution in [2.24, 2.45) is 5.10 Å². The fourth-order valence-corrected chi connectivity index (χ4v) is 1.74. The summed E-state index contributed by atoms with van der Waals surface area (Å²) in [5, 5.41) is 17.9. The van der Waals surface area contributed by atoms with E-state index in [1.807, 2.05) is 25.2 Å². The molecule has 1 aliphatic rings. The van der Waals surface area contributed by atoms with E-state index in [2.05, 4.69) is 21.6 Å². The smallest absolute Gasteiger partial charge is 0.269 e. The summed E-state index contributed by atoms with van der Waals surface area (Å²) in [5.74, 6) is 0. The summed E-state index contributed by atoms with van der Waals surface area (Å²) >= 11 is 5.09. The van der Waals surface area contributed by atoms with Crippen LogP contribution >= 0.6 is 12.2 Å². The normalized spacial score (nSPS) is 13.0. The highest BCUT2D eigenvalue weighted by molar-refractivity contribution is 7.80. The van der Waals surface area contributed by atoms with Crippen molar-refractivity contribution in [3.8, 4) is 0 Å². The first-order valence-electron chi connectivity index (χ1n) is 6.06. The summed E-state index contributed by atoms with van der Waals surface area (Å²) in [7, 11) is 0. The molecule has 0 bridgehead atoms. The van der Waals surface area contributed by atoms with Crippen LogP contribution in [0.3, 0.4) is 0 Å². The van der Waals surface area contributed by atoms with Crippen LogP contribution in [-0.4, -0.2) is 15.7 Å². The summed E-state index contributed by atoms with van der Waals surface area (Å²) in [6, 6.07) is 5.96. The Kier molecular flexibility index (Phi) is 4.61. The first-order valence-corrected chi connectivity index (χ1v) is 6.46. The standard InChI is InChI=1S/C14H12N4O2S/c1-10(11-4-2-3-5-11)16-17-14(21)15-12-6-8-13(9-7-12)18(19)20/h2-4,6-9H,1H3,(H2,15,17,21)/b16-10+. The van der Waals surface area contributed by atoms with Gasteiger partial charge in [0, 0.05) is 23.4 Å². The Bertz CT molecular complexity index is 698. The average molecular weight is 300 g/mol. The molecule has 2 rings (SSSR count). The lowest BCUT2D eigenvalue weighted by Crippen LogP contribution is -2.24. The molecule has 7 heteroatoms. The number of nitrogens with zero attached hydrogens (tertiary/aromatic N) is 2. The second kappa shape index (κ2) is 6.60. The number of non-ortho nitro benzene ring substituents is 1. The van der Waals surface area contributed by atoms with Crippen molar-refractivity contribution in [3.63, 3.8) is 0 Å². The molecule has 21 heavy (non-hydrogen) atoms. The van der Waals surface area contributed by atoms with Crippen LogP contribution in [-0.2, 0) is 0 Å². The second-order valence-electron chi connectivity index (χ2n) is 4.15. The molecule has 0 saturated heterocycles. The Morgan fingerprint density at radius 2 is 2.10 bits per heavy atom. The van der Waals surface area contributed by atoms with Gasteiger partial charge in [-0.3, -0.25) is 15.5 Å². The molecule has 0 radical (unpaired) electrons. The molecular weight excluding hydrogens is 288 g/mol. The third-order valence-electron chi connectivity index (χ3n) is 2.65. The van der Waals surface area contributed by atoms with Gasteiger partial charge in [-0.05, 0) is 43.4 Å². The highest BCUT2D eigenvalue weighted by atomic mass is 32.1. The zero-order chi connectivity index (χ0) is 15.2. The first kappa shape index (κ1) is 14.6. The van der Waals surface area contributed by atoms with Crippen LogP contribution in [0, 0.1) is 10.1 Å². The molecule has 106 valence electrons. The number of benzene rings is 1. The van der Waals surface area contributed by atoms with Crippen LogP contribution in [0.2, 0.25) is 0 Å². The lowest BCUT2D eigenvalue weighted by atomic mass is 10.2. The number of anilines is 1. The quantitative estimate of drug-likeness (QED) is 0.294. The minimum absolute atomic E-state index is 0.0278. The van der Waals surface area contributed by atoms with Gasteiger partial charge in [0.25, 0.3) is 5.69 Å². The summed E-state index contributed by atoms with van der Waals surface area (Å²) in [6.07, 6.45) is 5.58. The average Bonchev–Trinajstić information content (AvgIpc) is 2.99. The Morgan fingerprint density at radius 1 is 1.38 bits per heavy atom. The SMILES string of the molecule is C/C(=N\NC(=S)Nc1ccc([N+](=O)[O-])cc1)C1=C=CC=C1. The van der Waals surface area contributed by atoms with E-state index < -0.39 is 4.92 Å². The Morgan fingerprint density at radius 3 is 2.67 bits per heavy atom. The lowest BCUT2D eigenvalue weighted by Gasteiger charge is -2.07. The number of hydrazone groups is 1. The van der Waals surface area contributed by atoms with Crippen LogP contribution in [0.4, 0.5) is 11.4 Å². The molecule has 1 aliphatic carbocycles. The van der Waals surface area contributed by atoms with Gasteiger partial charge in [0.05, 0.1) is 10.6 Å². The van der Waals surface area contributed by atoms with Gasteiger partial charge in [-0.2, -0.15) is 5.10 Å². The van der Waals surface area contributed by atoms with Gasteiger partial charge in [0.2, 0.25) is 0 Å². The third kappa shape index (κ3) is 4.10. The van der Waals surface area contributed by atoms with Crippen LogP contribution in [0.1, 0.15) is 6.92 Å². The van der Waals surface area contributed by atoms with Crippen LogP contribution in [0.5, 0.6) is 0 Å². The molecule has 1 aromatic carbocycles. The van der Waals surface area contributed by atoms with Crippen LogP contribution in [0.15, 0.2) is 58.9 Å². The van der Waals surface area contributed by atoms with Crippen molar-refractivity contribution in [1.82, 2.24) is 5.43 Å². The Hall–Kier alpha value is -2.76. The monoisotopic (exact) mass is 300 g/mol. The zero-order valence-corrected chi connectivity index (χ0v) is 12.0. The van der Waals surface area contributed by atoms with E-state index in [0.29, 0.717) is 10.8 Å². The summed E-state index contributed by atoms with van der Waals surface area (Å²) in [5.41, 5.74) is 8.06. The van der Waals surface area contributed by atoms with E-state index in [1.165, 1.54) is 12.1 Å². The van der Waals surface area contributed by atoms with Crippen molar-refractivity contribution in [2.45, 2.75) is 6.92 Å². The van der Waals surface area contributed by atoms with Gasteiger partial charge >= 0.3 is 0 Å². The largest absolute Gasteiger partial charge is 0.331 e. The van der Waals surface area contributed by atoms with Gasteiger partial charge in [-0.15, -0.1) is 5.73 Å². The van der Waals surface area contributed by atoms with Crippen molar-refractivity contribution < 1.29 is 4.92 Å². The van der Waals surface area contributed by atoms with Crippen LogP contribution < -0.4 is 10.7 Å². The van der Waals surface area contributed by atoms with E-state index in [9.17, 15) is 10.1 Å². The van der Waals surface area contributed by atoms with Crippen molar-refractivity contribution in [2.75, 3.05) is 5.32 Å². The number of rotatable bonds is 4. The first-order chi connectivity index (χ1) is 10.1. The summed E-state index contributed by atoms with van der Waals surface area (Å²) < 4.78 is 0. The molecule has 2 N–H and O–H groups in total. The Balaban J connectivity index is 1.92. The summed E-state index contributed by atoms with van der Waals surface area (Å²) in [6.45, 7) is 1.84. The minimum atomic E-state index is -0.454. The molecule has 0 unspecified atom stereocenters. The van der Waals surface area contributed by atoms with Gasteiger partial charge < -0.3 is 5.32 Å². The van der Waals surface area contributed by atoms with E-state index in [4.69, 9.17) is 12.2 Å². The minimum Gasteiger partial charge on any atom is -0.331 e. The lowest BCUT2D eigenvalue weighted by molar-refractivity contribution is -0.384. The molecule has 0 spiro atoms. The molecule has 0 saturated carbocycles. The number of thiocarbonyl (C=S) groups is 1. The molecular formula is C14H12N4O2S. The molecule has 0 heterocycles. The predicted molar refractivity (Wildman–Crippen MR) is 86.3 cm³/mol. The molecule has 6 nitrogen and oxygen atoms in total. The number of nitro groups is 1. The molecule has 0 fully saturated rings. The fourth-order valence-electron chi connectivity index (χ4n) is 1.58. The van der Waals surface area contributed by atoms with Gasteiger partial charge in [-0.1, -0.05) is 6.08 Å². The molecule has 0 amide bonds. The summed E-state index contributed by atoms with van der Waals surface area (Å²) in [4.78, 5) is 10.1. The van der Waals surface area contributed by atoms with E-state index in [-0.39, 0.29) is 5.69 Å². The number of hydrogen-bond acceptors (Lipinski definition) is 4. The van der Waals surface area contributed by atoms with E-state index in [1.54, 1.807) is 12.1 Å². The maximum absolute atomic E-state index is 10.6. The molecule has 1 aromatic rings. The van der Waals surface area contributed by atoms with Gasteiger partial charge in [0.15, 0.2) is 5.11 Å². The second-order valence-corrected chi connectivity index (χ2v) is 4.56. The molecule has 0 atom stereocenters. The van der Waals surface area contributed by atoms with Crippen LogP contribution in [0.25, 0.3) is 0 Å². The molecule has 0 aromatic heterocycles. The number of nitro benzene ring substituents is 1. The highest BCUT2D eigenvalue weighted by Gasteiger charge is 2.05. The number of allylic oxidation sites excluding steroid dienone is 3. The van der Waals surface area contributed by atoms with E-state index in [0.717, 1.165) is 11.3 Å². The van der Waals surface area contributed by atoms with Gasteiger partial charge in [-0.25, -0.2) is 0 Å². The number of nitrogens with one attached hydrogen (secondary N) is 2. The van der Waals surface area contributed by atoms with Crippen molar-refractivity contribution in [1.29, 1.82) is 0 Å². The topological polar surface area (TPSA) is 79.6 Å². The maximum atomic E-state index is 10.6. The Labute approximate surface area is 126 Å². The predicted octanol–water partition coefficient (Wildman–Crippen LogP) is 2.91. The molecule has 0 aliphatic heterocycles. The van der Waals surface area contributed by atoms with E-state index >= 15 is 0 Å². The van der Waals surface area contributed by atoms with Crippen molar-refractivity contribution in [3.05, 3.63) is 63.9 Å². The fraction of sp³-hybridized carbons (Fsp3) is 0.0714. The number of hydrogen-bond donors (Lipinski definition) is 2. The highest BCUT2D eigenvalue weighted by Crippen LogP contribution is 2.15. The third-order valence-corrected chi connectivity index (χ3v) is 2.84. The van der Waals surface area contributed by atoms with Crippen molar-refractivity contribution >= 4 is 34.4 Å². The maximum Gasteiger partial charge on any atom is 0.269 e. The van der Waals surface area contributed by atoms with Gasteiger partial charge in [0.1, 0.15) is 0 Å². The zero-order valence-electron chi connectivity index (χ0n) is 11.2.